The number of carbonyl (C=O) groups excluding carboxylic acids is 1. The Hall–Kier alpha value is -4.24. The maximum Gasteiger partial charge on any atom is 0.263 e. The minimum absolute atomic E-state index is 0.171. The first-order valence-corrected chi connectivity index (χ1v) is 11.3. The molecule has 10 heteroatoms. The molecule has 0 aliphatic heterocycles. The van der Waals surface area contributed by atoms with Crippen LogP contribution in [-0.4, -0.2) is 42.0 Å². The molecule has 0 unspecified atom stereocenters. The number of rotatable bonds is 6. The number of aryl methyl sites for hydroxylation is 2. The molecule has 1 N–H and O–H groups in total. The fourth-order valence-electron chi connectivity index (χ4n) is 3.75. The van der Waals surface area contributed by atoms with Crippen LogP contribution in [0, 0.1) is 20.8 Å². The number of amides is 1. The molecule has 3 heterocycles. The molecule has 0 spiro atoms. The Balaban J connectivity index is 1.45. The number of carbonyl (C=O) groups is 1. The monoisotopic (exact) mass is 487 g/mol. The highest BCUT2D eigenvalue weighted by atomic mass is 35.5. The van der Waals surface area contributed by atoms with Crippen molar-refractivity contribution in [3.8, 4) is 17.3 Å². The molecule has 9 nitrogen and oxygen atoms in total. The summed E-state index contributed by atoms with van der Waals surface area (Å²) < 4.78 is 8.92. The predicted octanol–water partition coefficient (Wildman–Crippen LogP) is 4.60. The number of fused-ring (bicyclic) bond motifs is 1. The third-order valence-corrected chi connectivity index (χ3v) is 5.88. The van der Waals surface area contributed by atoms with Gasteiger partial charge in [-0.05, 0) is 62.2 Å². The second-order valence-corrected chi connectivity index (χ2v) is 8.52. The average Bonchev–Trinajstić information content (AvgIpc) is 3.43. The summed E-state index contributed by atoms with van der Waals surface area (Å²) in [6, 6.07) is 14.6. The van der Waals surface area contributed by atoms with Crippen LogP contribution >= 0.6 is 11.6 Å². The van der Waals surface area contributed by atoms with E-state index < -0.39 is 0 Å². The summed E-state index contributed by atoms with van der Waals surface area (Å²) in [6.45, 7) is 5.78. The van der Waals surface area contributed by atoms with Crippen molar-refractivity contribution in [3.63, 3.8) is 0 Å². The summed E-state index contributed by atoms with van der Waals surface area (Å²) in [6.07, 6.45) is 3.17. The summed E-state index contributed by atoms with van der Waals surface area (Å²) in [5.41, 5.74) is 4.57. The summed E-state index contributed by atoms with van der Waals surface area (Å²) in [4.78, 5) is 21.5. The van der Waals surface area contributed by atoms with Gasteiger partial charge in [-0.25, -0.2) is 14.6 Å². The Labute approximate surface area is 206 Å². The fraction of sp³-hybridized carbons (Fsp3) is 0.160. The number of ether oxygens (including phenoxy) is 1. The van der Waals surface area contributed by atoms with Gasteiger partial charge in [-0.1, -0.05) is 23.7 Å². The zero-order chi connectivity index (χ0) is 24.5. The highest BCUT2D eigenvalue weighted by Crippen LogP contribution is 2.26. The van der Waals surface area contributed by atoms with Gasteiger partial charge in [-0.2, -0.15) is 14.9 Å². The van der Waals surface area contributed by atoms with Crippen LogP contribution in [0.4, 0.5) is 5.82 Å². The molecule has 0 saturated carbocycles. The molecule has 2 aromatic carbocycles. The third kappa shape index (κ3) is 4.45. The van der Waals surface area contributed by atoms with Crippen LogP contribution in [0.2, 0.25) is 5.02 Å². The van der Waals surface area contributed by atoms with Crippen molar-refractivity contribution in [2.24, 2.45) is 0 Å². The van der Waals surface area contributed by atoms with E-state index in [1.807, 2.05) is 19.1 Å². The molecule has 176 valence electrons. The van der Waals surface area contributed by atoms with E-state index in [-0.39, 0.29) is 12.5 Å². The smallest absolute Gasteiger partial charge is 0.263 e. The number of halogens is 1. The summed E-state index contributed by atoms with van der Waals surface area (Å²) in [5, 5.41) is 13.3. The largest absolute Gasteiger partial charge is 0.484 e. The lowest BCUT2D eigenvalue weighted by Crippen LogP contribution is -2.22. The van der Waals surface area contributed by atoms with E-state index in [0.29, 0.717) is 39.1 Å². The molecule has 0 bridgehead atoms. The van der Waals surface area contributed by atoms with Gasteiger partial charge in [0, 0.05) is 11.1 Å². The Bertz CT molecular complexity index is 1540. The SMILES string of the molecule is Cc1cc(NC(=O)COc2ccc(Cl)cc2)n(-c2ncnc3c2cnn3-c2cccc(C)c2C)n1. The van der Waals surface area contributed by atoms with Crippen LogP contribution in [-0.2, 0) is 4.79 Å². The number of benzene rings is 2. The minimum atomic E-state index is -0.336. The molecule has 1 amide bonds. The number of anilines is 1. The molecule has 3 aromatic heterocycles. The van der Waals surface area contributed by atoms with Gasteiger partial charge in [0.25, 0.3) is 5.91 Å². The zero-order valence-electron chi connectivity index (χ0n) is 19.4. The van der Waals surface area contributed by atoms with E-state index in [0.717, 1.165) is 16.8 Å². The third-order valence-electron chi connectivity index (χ3n) is 5.63. The van der Waals surface area contributed by atoms with Crippen LogP contribution < -0.4 is 10.1 Å². The maximum absolute atomic E-state index is 12.6. The van der Waals surface area contributed by atoms with E-state index in [4.69, 9.17) is 16.3 Å². The number of nitrogens with one attached hydrogen (secondary N) is 1. The van der Waals surface area contributed by atoms with E-state index in [1.165, 1.54) is 6.33 Å². The zero-order valence-corrected chi connectivity index (χ0v) is 20.1. The molecule has 0 aliphatic carbocycles. The molecule has 0 saturated heterocycles. The predicted molar refractivity (Wildman–Crippen MR) is 134 cm³/mol. The summed E-state index contributed by atoms with van der Waals surface area (Å²) >= 11 is 5.89. The van der Waals surface area contributed by atoms with Crippen molar-refractivity contribution in [2.75, 3.05) is 11.9 Å². The van der Waals surface area contributed by atoms with E-state index >= 15 is 0 Å². The van der Waals surface area contributed by atoms with Crippen LogP contribution in [0.25, 0.3) is 22.5 Å². The van der Waals surface area contributed by atoms with Gasteiger partial charge >= 0.3 is 0 Å². The second kappa shape index (κ2) is 9.19. The van der Waals surface area contributed by atoms with Crippen molar-refractivity contribution in [2.45, 2.75) is 20.8 Å². The summed E-state index contributed by atoms with van der Waals surface area (Å²) in [5.74, 6) is 1.18. The van der Waals surface area contributed by atoms with Gasteiger partial charge in [-0.3, -0.25) is 4.79 Å². The van der Waals surface area contributed by atoms with Crippen LogP contribution in [0.5, 0.6) is 5.75 Å². The Kier molecular flexibility index (Phi) is 5.92. The molecule has 0 fully saturated rings. The van der Waals surface area contributed by atoms with Crippen molar-refractivity contribution in [1.82, 2.24) is 29.5 Å². The van der Waals surface area contributed by atoms with Crippen molar-refractivity contribution in [1.29, 1.82) is 0 Å². The maximum atomic E-state index is 12.6. The van der Waals surface area contributed by atoms with E-state index in [9.17, 15) is 4.79 Å². The van der Waals surface area contributed by atoms with Crippen molar-refractivity contribution in [3.05, 3.63) is 82.9 Å². The molecule has 35 heavy (non-hydrogen) atoms. The van der Waals surface area contributed by atoms with Gasteiger partial charge in [0.05, 0.1) is 23.0 Å². The lowest BCUT2D eigenvalue weighted by Gasteiger charge is -2.11. The molecule has 5 aromatic rings. The first kappa shape index (κ1) is 22.5. The Morgan fingerprint density at radius 3 is 2.66 bits per heavy atom. The topological polar surface area (TPSA) is 99.7 Å². The Morgan fingerprint density at radius 2 is 1.86 bits per heavy atom. The minimum Gasteiger partial charge on any atom is -0.484 e. The molecular formula is C25H22ClN7O2. The highest BCUT2D eigenvalue weighted by Gasteiger charge is 2.18. The van der Waals surface area contributed by atoms with Gasteiger partial charge in [0.15, 0.2) is 18.1 Å². The van der Waals surface area contributed by atoms with Gasteiger partial charge in [0.1, 0.15) is 17.9 Å². The van der Waals surface area contributed by atoms with Crippen LogP contribution in [0.3, 0.4) is 0 Å². The van der Waals surface area contributed by atoms with Crippen molar-refractivity contribution >= 4 is 34.4 Å². The number of hydrogen-bond donors (Lipinski definition) is 1. The molecular weight excluding hydrogens is 466 g/mol. The molecule has 0 aliphatic rings. The summed E-state index contributed by atoms with van der Waals surface area (Å²) in [7, 11) is 0. The van der Waals surface area contributed by atoms with Gasteiger partial charge in [-0.15, -0.1) is 0 Å². The highest BCUT2D eigenvalue weighted by molar-refractivity contribution is 6.30. The lowest BCUT2D eigenvalue weighted by atomic mass is 10.1. The lowest BCUT2D eigenvalue weighted by molar-refractivity contribution is -0.118. The van der Waals surface area contributed by atoms with Crippen LogP contribution in [0.15, 0.2) is 61.1 Å². The second-order valence-electron chi connectivity index (χ2n) is 8.08. The molecule has 5 rings (SSSR count). The number of hydrogen-bond acceptors (Lipinski definition) is 6. The fourth-order valence-corrected chi connectivity index (χ4v) is 3.88. The Morgan fingerprint density at radius 1 is 1.06 bits per heavy atom. The first-order valence-electron chi connectivity index (χ1n) is 10.9. The van der Waals surface area contributed by atoms with Gasteiger partial charge < -0.3 is 10.1 Å². The first-order chi connectivity index (χ1) is 16.9. The molecule has 0 atom stereocenters. The number of aromatic nitrogens is 6. The van der Waals surface area contributed by atoms with E-state index in [2.05, 4.69) is 45.4 Å². The normalized spacial score (nSPS) is 11.1. The quantitative estimate of drug-likeness (QED) is 0.376. The molecule has 0 radical (unpaired) electrons. The van der Waals surface area contributed by atoms with Crippen LogP contribution in [0.1, 0.15) is 16.8 Å². The van der Waals surface area contributed by atoms with Crippen molar-refractivity contribution < 1.29 is 9.53 Å². The van der Waals surface area contributed by atoms with Gasteiger partial charge in [0.2, 0.25) is 0 Å². The van der Waals surface area contributed by atoms with E-state index in [1.54, 1.807) is 45.9 Å². The average molecular weight is 488 g/mol. The number of nitrogens with zero attached hydrogens (tertiary/aromatic N) is 6. The standard InChI is InChI=1S/C25H22ClN7O2/c1-15-5-4-6-21(17(15)3)32-24-20(12-29-32)25(28-14-27-24)33-22(11-16(2)31-33)30-23(34)13-35-19-9-7-18(26)8-10-19/h4-12,14H,13H2,1-3H3,(H,30,34).